The third-order valence-corrected chi connectivity index (χ3v) is 3.89. The van der Waals surface area contributed by atoms with E-state index in [1.54, 1.807) is 0 Å². The smallest absolute Gasteiger partial charge is 0.123 e. The Morgan fingerprint density at radius 1 is 1.11 bits per heavy atom. The molecule has 2 N–H and O–H groups in total. The second-order valence-electron chi connectivity index (χ2n) is 5.67. The third-order valence-electron chi connectivity index (χ3n) is 3.89. The quantitative estimate of drug-likeness (QED) is 0.903. The number of hydrogen-bond donors (Lipinski definition) is 1. The van der Waals surface area contributed by atoms with Crippen LogP contribution < -0.4 is 10.6 Å². The Bertz CT molecular complexity index is 383. The highest BCUT2D eigenvalue weighted by Gasteiger charge is 2.19. The van der Waals surface area contributed by atoms with Crippen molar-refractivity contribution < 1.29 is 4.39 Å². The van der Waals surface area contributed by atoms with Crippen molar-refractivity contribution in [1.82, 2.24) is 4.90 Å². The Labute approximate surface area is 115 Å². The number of piperazine rings is 1. The molecular formula is C15H24FN3. The van der Waals surface area contributed by atoms with Crippen LogP contribution in [0, 0.1) is 11.7 Å². The van der Waals surface area contributed by atoms with E-state index < -0.39 is 0 Å². The summed E-state index contributed by atoms with van der Waals surface area (Å²) < 4.78 is 12.9. The van der Waals surface area contributed by atoms with E-state index in [0.29, 0.717) is 5.92 Å². The van der Waals surface area contributed by atoms with Crippen molar-refractivity contribution in [2.75, 3.05) is 37.6 Å². The highest BCUT2D eigenvalue weighted by molar-refractivity contribution is 5.46. The summed E-state index contributed by atoms with van der Waals surface area (Å²) in [4.78, 5) is 4.72. The molecule has 0 amide bonds. The van der Waals surface area contributed by atoms with Crippen molar-refractivity contribution in [1.29, 1.82) is 0 Å². The lowest BCUT2D eigenvalue weighted by molar-refractivity contribution is 0.226. The van der Waals surface area contributed by atoms with E-state index in [1.807, 2.05) is 12.1 Å². The second-order valence-corrected chi connectivity index (χ2v) is 5.67. The van der Waals surface area contributed by atoms with E-state index in [2.05, 4.69) is 23.6 Å². The van der Waals surface area contributed by atoms with Crippen molar-refractivity contribution in [2.45, 2.75) is 19.9 Å². The molecule has 0 bridgehead atoms. The van der Waals surface area contributed by atoms with Crippen molar-refractivity contribution in [2.24, 2.45) is 11.7 Å². The molecule has 1 fully saturated rings. The van der Waals surface area contributed by atoms with Crippen LogP contribution in [0.5, 0.6) is 0 Å². The summed E-state index contributed by atoms with van der Waals surface area (Å²) in [5.74, 6) is 0.348. The fraction of sp³-hybridized carbons (Fsp3) is 0.600. The van der Waals surface area contributed by atoms with Gasteiger partial charge in [-0.1, -0.05) is 13.8 Å². The van der Waals surface area contributed by atoms with Crippen LogP contribution in [0.25, 0.3) is 0 Å². The highest BCUT2D eigenvalue weighted by Crippen LogP contribution is 2.17. The van der Waals surface area contributed by atoms with E-state index in [9.17, 15) is 4.39 Å². The van der Waals surface area contributed by atoms with Gasteiger partial charge < -0.3 is 10.6 Å². The van der Waals surface area contributed by atoms with Crippen LogP contribution in [0.3, 0.4) is 0 Å². The largest absolute Gasteiger partial charge is 0.369 e. The van der Waals surface area contributed by atoms with Gasteiger partial charge in [-0.15, -0.1) is 0 Å². The molecule has 4 heteroatoms. The van der Waals surface area contributed by atoms with Gasteiger partial charge in [0.1, 0.15) is 5.82 Å². The minimum atomic E-state index is -0.176. The maximum Gasteiger partial charge on any atom is 0.123 e. The number of rotatable bonds is 4. The minimum Gasteiger partial charge on any atom is -0.369 e. The molecule has 1 aliphatic rings. The summed E-state index contributed by atoms with van der Waals surface area (Å²) in [6.45, 7) is 9.32. The molecule has 0 spiro atoms. The van der Waals surface area contributed by atoms with Crippen molar-refractivity contribution in [3.05, 3.63) is 30.1 Å². The number of hydrogen-bond acceptors (Lipinski definition) is 3. The predicted molar refractivity (Wildman–Crippen MR) is 77.9 cm³/mol. The van der Waals surface area contributed by atoms with Gasteiger partial charge in [0.2, 0.25) is 0 Å². The topological polar surface area (TPSA) is 32.5 Å². The van der Waals surface area contributed by atoms with E-state index in [0.717, 1.165) is 38.4 Å². The first-order valence-electron chi connectivity index (χ1n) is 7.04. The van der Waals surface area contributed by atoms with Crippen LogP contribution in [0.2, 0.25) is 0 Å². The number of nitrogens with zero attached hydrogens (tertiary/aromatic N) is 2. The Morgan fingerprint density at radius 3 is 2.21 bits per heavy atom. The number of benzene rings is 1. The molecule has 1 aromatic carbocycles. The minimum absolute atomic E-state index is 0.176. The van der Waals surface area contributed by atoms with Crippen LogP contribution in [-0.2, 0) is 0 Å². The Hall–Kier alpha value is -1.13. The van der Waals surface area contributed by atoms with E-state index >= 15 is 0 Å². The van der Waals surface area contributed by atoms with Crippen LogP contribution in [0.1, 0.15) is 13.8 Å². The summed E-state index contributed by atoms with van der Waals surface area (Å²) >= 11 is 0. The lowest BCUT2D eigenvalue weighted by Gasteiger charge is -2.37. The van der Waals surface area contributed by atoms with Crippen molar-refractivity contribution >= 4 is 5.69 Å². The Morgan fingerprint density at radius 2 is 1.68 bits per heavy atom. The fourth-order valence-electron chi connectivity index (χ4n) is 2.35. The van der Waals surface area contributed by atoms with Gasteiger partial charge in [-0.3, -0.25) is 4.90 Å². The Kier molecular flexibility index (Phi) is 4.77. The SMILES string of the molecule is CC(C)[C@H](N)CN1CCN(c2ccc(F)cc2)CC1. The van der Waals surface area contributed by atoms with Gasteiger partial charge >= 0.3 is 0 Å². The number of halogens is 1. The molecule has 1 atom stereocenters. The molecule has 0 unspecified atom stereocenters. The zero-order valence-electron chi connectivity index (χ0n) is 11.8. The van der Waals surface area contributed by atoms with E-state index in [4.69, 9.17) is 5.73 Å². The van der Waals surface area contributed by atoms with Crippen LogP contribution >= 0.6 is 0 Å². The number of nitrogens with two attached hydrogens (primary N) is 1. The molecule has 0 aromatic heterocycles. The maximum atomic E-state index is 12.9. The van der Waals surface area contributed by atoms with Crippen LogP contribution in [-0.4, -0.2) is 43.7 Å². The molecule has 0 radical (unpaired) electrons. The first kappa shape index (κ1) is 14.3. The molecule has 1 aliphatic heterocycles. The average Bonchev–Trinajstić information content (AvgIpc) is 2.40. The lowest BCUT2D eigenvalue weighted by atomic mass is 10.0. The molecule has 1 aromatic rings. The molecule has 2 rings (SSSR count). The first-order valence-corrected chi connectivity index (χ1v) is 7.04. The van der Waals surface area contributed by atoms with Gasteiger partial charge in [0.25, 0.3) is 0 Å². The average molecular weight is 265 g/mol. The van der Waals surface area contributed by atoms with E-state index in [1.165, 1.54) is 12.1 Å². The van der Waals surface area contributed by atoms with Gasteiger partial charge in [-0.05, 0) is 30.2 Å². The molecule has 1 heterocycles. The molecule has 106 valence electrons. The summed E-state index contributed by atoms with van der Waals surface area (Å²) in [5.41, 5.74) is 7.22. The van der Waals surface area contributed by atoms with Gasteiger partial charge in [0, 0.05) is 44.5 Å². The van der Waals surface area contributed by atoms with Crippen molar-refractivity contribution in [3.63, 3.8) is 0 Å². The fourth-order valence-corrected chi connectivity index (χ4v) is 2.35. The van der Waals surface area contributed by atoms with Gasteiger partial charge in [0.15, 0.2) is 0 Å². The van der Waals surface area contributed by atoms with Crippen molar-refractivity contribution in [3.8, 4) is 0 Å². The second kappa shape index (κ2) is 6.35. The summed E-state index contributed by atoms with van der Waals surface area (Å²) in [5, 5.41) is 0. The summed E-state index contributed by atoms with van der Waals surface area (Å²) in [6.07, 6.45) is 0. The van der Waals surface area contributed by atoms with Crippen LogP contribution in [0.15, 0.2) is 24.3 Å². The highest BCUT2D eigenvalue weighted by atomic mass is 19.1. The predicted octanol–water partition coefficient (Wildman–Crippen LogP) is 1.93. The zero-order valence-corrected chi connectivity index (χ0v) is 11.8. The molecule has 19 heavy (non-hydrogen) atoms. The zero-order chi connectivity index (χ0) is 13.8. The molecule has 0 aliphatic carbocycles. The summed E-state index contributed by atoms with van der Waals surface area (Å²) in [7, 11) is 0. The molecule has 0 saturated carbocycles. The molecule has 3 nitrogen and oxygen atoms in total. The van der Waals surface area contributed by atoms with Gasteiger partial charge in [0.05, 0.1) is 0 Å². The van der Waals surface area contributed by atoms with Crippen LogP contribution in [0.4, 0.5) is 10.1 Å². The number of anilines is 1. The van der Waals surface area contributed by atoms with Gasteiger partial charge in [-0.25, -0.2) is 4.39 Å². The lowest BCUT2D eigenvalue weighted by Crippen LogP contribution is -2.50. The summed E-state index contributed by atoms with van der Waals surface area (Å²) in [6, 6.07) is 7.00. The first-order chi connectivity index (χ1) is 9.06. The normalized spacial score (nSPS) is 18.9. The molecular weight excluding hydrogens is 241 g/mol. The standard InChI is InChI=1S/C15H24FN3/c1-12(2)15(17)11-18-7-9-19(10-8-18)14-5-3-13(16)4-6-14/h3-6,12,15H,7-11,17H2,1-2H3/t15-/m1/s1. The van der Waals surface area contributed by atoms with E-state index in [-0.39, 0.29) is 11.9 Å². The molecule has 1 saturated heterocycles. The van der Waals surface area contributed by atoms with Gasteiger partial charge in [-0.2, -0.15) is 0 Å². The third kappa shape index (κ3) is 3.91. The maximum absolute atomic E-state index is 12.9. The monoisotopic (exact) mass is 265 g/mol. The Balaban J connectivity index is 1.84.